The fraction of sp³-hybridized carbons (Fsp3) is 0.130. The van der Waals surface area contributed by atoms with E-state index in [0.29, 0.717) is 16.7 Å². The lowest BCUT2D eigenvalue weighted by Crippen LogP contribution is -2.17. The predicted molar refractivity (Wildman–Crippen MR) is 123 cm³/mol. The molecule has 0 radical (unpaired) electrons. The molecule has 4 rings (SSSR count). The van der Waals surface area contributed by atoms with Crippen molar-refractivity contribution in [2.24, 2.45) is 7.05 Å². The Morgan fingerprint density at radius 1 is 0.938 bits per heavy atom. The van der Waals surface area contributed by atoms with E-state index in [9.17, 15) is 14.0 Å². The standard InChI is InChI=1S/C23H20FN5O2S/c1-29-20(13-21(30)25-17-11-9-16(24)10-12-17)27-28-23(29)32-14-22(31)26-19-8-4-6-15-5-2-3-7-18(15)19/h2-12H,13-14H2,1H3,(H,25,30)(H,26,31). The van der Waals surface area contributed by atoms with Gasteiger partial charge in [0.15, 0.2) is 5.16 Å². The lowest BCUT2D eigenvalue weighted by molar-refractivity contribution is -0.116. The molecule has 0 spiro atoms. The first-order chi connectivity index (χ1) is 15.5. The molecule has 3 aromatic carbocycles. The number of aromatic nitrogens is 3. The van der Waals surface area contributed by atoms with E-state index in [1.165, 1.54) is 36.0 Å². The van der Waals surface area contributed by atoms with E-state index in [2.05, 4.69) is 20.8 Å². The van der Waals surface area contributed by atoms with Crippen LogP contribution >= 0.6 is 11.8 Å². The van der Waals surface area contributed by atoms with Crippen molar-refractivity contribution in [3.05, 3.63) is 78.4 Å². The number of nitrogens with one attached hydrogen (secondary N) is 2. The Morgan fingerprint density at radius 2 is 1.69 bits per heavy atom. The quantitative estimate of drug-likeness (QED) is 0.416. The van der Waals surface area contributed by atoms with Gasteiger partial charge in [0.2, 0.25) is 11.8 Å². The first-order valence-electron chi connectivity index (χ1n) is 9.84. The molecule has 0 bridgehead atoms. The summed E-state index contributed by atoms with van der Waals surface area (Å²) in [7, 11) is 1.74. The van der Waals surface area contributed by atoms with Gasteiger partial charge in [0, 0.05) is 23.8 Å². The monoisotopic (exact) mass is 449 g/mol. The van der Waals surface area contributed by atoms with Gasteiger partial charge in [-0.25, -0.2) is 4.39 Å². The number of amides is 2. The maximum atomic E-state index is 13.0. The lowest BCUT2D eigenvalue weighted by Gasteiger charge is -2.09. The number of thioether (sulfide) groups is 1. The predicted octanol–water partition coefficient (Wildman–Crippen LogP) is 4.02. The van der Waals surface area contributed by atoms with Gasteiger partial charge in [-0.3, -0.25) is 9.59 Å². The van der Waals surface area contributed by atoms with Gasteiger partial charge in [-0.1, -0.05) is 48.2 Å². The molecule has 0 saturated carbocycles. The van der Waals surface area contributed by atoms with Crippen molar-refractivity contribution in [1.82, 2.24) is 14.8 Å². The molecule has 2 N–H and O–H groups in total. The summed E-state index contributed by atoms with van der Waals surface area (Å²) in [6, 6.07) is 19.1. The summed E-state index contributed by atoms with van der Waals surface area (Å²) in [5.74, 6) is -0.219. The summed E-state index contributed by atoms with van der Waals surface area (Å²) in [6.45, 7) is 0. The summed E-state index contributed by atoms with van der Waals surface area (Å²) in [5, 5.41) is 16.3. The van der Waals surface area contributed by atoms with Crippen LogP contribution in [0.3, 0.4) is 0 Å². The van der Waals surface area contributed by atoms with E-state index in [4.69, 9.17) is 0 Å². The second-order valence-corrected chi connectivity index (χ2v) is 8.00. The molecule has 0 atom stereocenters. The summed E-state index contributed by atoms with van der Waals surface area (Å²) in [4.78, 5) is 24.7. The number of fused-ring (bicyclic) bond motifs is 1. The number of rotatable bonds is 7. The van der Waals surface area contributed by atoms with Crippen LogP contribution in [0, 0.1) is 5.82 Å². The lowest BCUT2D eigenvalue weighted by atomic mass is 10.1. The van der Waals surface area contributed by atoms with E-state index in [1.807, 2.05) is 42.5 Å². The van der Waals surface area contributed by atoms with Gasteiger partial charge in [0.05, 0.1) is 12.2 Å². The first kappa shape index (κ1) is 21.5. The Bertz CT molecular complexity index is 1270. The van der Waals surface area contributed by atoms with Crippen LogP contribution in [0.25, 0.3) is 10.8 Å². The van der Waals surface area contributed by atoms with Gasteiger partial charge in [-0.2, -0.15) is 0 Å². The van der Waals surface area contributed by atoms with Crippen LogP contribution in [-0.4, -0.2) is 32.3 Å². The zero-order chi connectivity index (χ0) is 22.5. The van der Waals surface area contributed by atoms with Crippen LogP contribution in [0.15, 0.2) is 71.9 Å². The zero-order valence-electron chi connectivity index (χ0n) is 17.2. The molecular formula is C23H20FN5O2S. The Balaban J connectivity index is 1.33. The van der Waals surface area contributed by atoms with E-state index in [-0.39, 0.29) is 29.8 Å². The summed E-state index contributed by atoms with van der Waals surface area (Å²) >= 11 is 1.24. The highest BCUT2D eigenvalue weighted by Crippen LogP contribution is 2.24. The van der Waals surface area contributed by atoms with Crippen molar-refractivity contribution in [1.29, 1.82) is 0 Å². The molecule has 2 amide bonds. The van der Waals surface area contributed by atoms with Crippen molar-refractivity contribution in [3.63, 3.8) is 0 Å². The highest BCUT2D eigenvalue weighted by atomic mass is 32.2. The van der Waals surface area contributed by atoms with E-state index in [1.54, 1.807) is 11.6 Å². The number of halogens is 1. The Kier molecular flexibility index (Phi) is 6.46. The zero-order valence-corrected chi connectivity index (χ0v) is 18.0. The summed E-state index contributed by atoms with van der Waals surface area (Å²) < 4.78 is 14.7. The number of carbonyl (C=O) groups excluding carboxylic acids is 2. The second kappa shape index (κ2) is 9.61. The van der Waals surface area contributed by atoms with Gasteiger partial charge >= 0.3 is 0 Å². The number of carbonyl (C=O) groups is 2. The molecule has 0 aliphatic rings. The van der Waals surface area contributed by atoms with Crippen molar-refractivity contribution >= 4 is 45.7 Å². The van der Waals surface area contributed by atoms with Crippen LogP contribution in [0.1, 0.15) is 5.82 Å². The largest absolute Gasteiger partial charge is 0.326 e. The van der Waals surface area contributed by atoms with Crippen molar-refractivity contribution in [2.75, 3.05) is 16.4 Å². The van der Waals surface area contributed by atoms with Crippen LogP contribution in [0.4, 0.5) is 15.8 Å². The molecule has 7 nitrogen and oxygen atoms in total. The van der Waals surface area contributed by atoms with Gasteiger partial charge in [0.1, 0.15) is 11.6 Å². The molecule has 0 fully saturated rings. The Hall–Kier alpha value is -3.72. The number of hydrogen-bond acceptors (Lipinski definition) is 5. The molecule has 0 saturated heterocycles. The fourth-order valence-corrected chi connectivity index (χ4v) is 3.89. The van der Waals surface area contributed by atoms with E-state index < -0.39 is 0 Å². The molecule has 9 heteroatoms. The molecule has 162 valence electrons. The highest BCUT2D eigenvalue weighted by Gasteiger charge is 2.15. The van der Waals surface area contributed by atoms with E-state index >= 15 is 0 Å². The average molecular weight is 450 g/mol. The minimum Gasteiger partial charge on any atom is -0.326 e. The molecule has 4 aromatic rings. The van der Waals surface area contributed by atoms with E-state index in [0.717, 1.165) is 16.5 Å². The van der Waals surface area contributed by atoms with Crippen LogP contribution < -0.4 is 10.6 Å². The average Bonchev–Trinajstić information content (AvgIpc) is 3.13. The molecule has 32 heavy (non-hydrogen) atoms. The van der Waals surface area contributed by atoms with Crippen LogP contribution in [0.5, 0.6) is 0 Å². The maximum absolute atomic E-state index is 13.0. The third kappa shape index (κ3) is 5.12. The molecule has 0 aliphatic heterocycles. The van der Waals surface area contributed by atoms with Gasteiger partial charge in [-0.15, -0.1) is 10.2 Å². The third-order valence-electron chi connectivity index (χ3n) is 4.77. The second-order valence-electron chi connectivity index (χ2n) is 7.05. The maximum Gasteiger partial charge on any atom is 0.234 e. The van der Waals surface area contributed by atoms with Crippen molar-refractivity contribution < 1.29 is 14.0 Å². The van der Waals surface area contributed by atoms with Gasteiger partial charge in [0.25, 0.3) is 0 Å². The number of nitrogens with zero attached hydrogens (tertiary/aromatic N) is 3. The Morgan fingerprint density at radius 3 is 2.50 bits per heavy atom. The summed E-state index contributed by atoms with van der Waals surface area (Å²) in [6.07, 6.45) is 0.00361. The smallest absolute Gasteiger partial charge is 0.234 e. The SMILES string of the molecule is Cn1c(CC(=O)Nc2ccc(F)cc2)nnc1SCC(=O)Nc1cccc2ccccc12. The summed E-state index contributed by atoms with van der Waals surface area (Å²) in [5.41, 5.74) is 1.25. The first-order valence-corrected chi connectivity index (χ1v) is 10.8. The third-order valence-corrected chi connectivity index (χ3v) is 5.79. The van der Waals surface area contributed by atoms with Crippen LogP contribution in [-0.2, 0) is 23.1 Å². The molecule has 1 aromatic heterocycles. The van der Waals surface area contributed by atoms with Gasteiger partial charge < -0.3 is 15.2 Å². The topological polar surface area (TPSA) is 88.9 Å². The molecule has 1 heterocycles. The number of anilines is 2. The highest BCUT2D eigenvalue weighted by molar-refractivity contribution is 7.99. The number of benzene rings is 3. The molecule has 0 aliphatic carbocycles. The van der Waals surface area contributed by atoms with Gasteiger partial charge in [-0.05, 0) is 35.7 Å². The molecule has 0 unspecified atom stereocenters. The minimum absolute atomic E-state index is 0.00361. The fourth-order valence-electron chi connectivity index (χ4n) is 3.16. The van der Waals surface area contributed by atoms with Crippen LogP contribution in [0.2, 0.25) is 0 Å². The Labute approximate surface area is 188 Å². The number of hydrogen-bond donors (Lipinski definition) is 2. The van der Waals surface area contributed by atoms with Crippen molar-refractivity contribution in [2.45, 2.75) is 11.6 Å². The normalized spacial score (nSPS) is 10.8. The minimum atomic E-state index is -0.373. The molecular weight excluding hydrogens is 429 g/mol. The van der Waals surface area contributed by atoms with Crippen molar-refractivity contribution in [3.8, 4) is 0 Å².